The van der Waals surface area contributed by atoms with Crippen molar-refractivity contribution in [2.24, 2.45) is 17.8 Å². The molecule has 0 amide bonds. The Hall–Kier alpha value is -1.37. The van der Waals surface area contributed by atoms with Gasteiger partial charge in [0.1, 0.15) is 5.78 Å². The zero-order valence-electron chi connectivity index (χ0n) is 14.0. The van der Waals surface area contributed by atoms with Gasteiger partial charge in [0.05, 0.1) is 0 Å². The first-order valence-electron chi connectivity index (χ1n) is 8.91. The first-order valence-corrected chi connectivity index (χ1v) is 8.91. The van der Waals surface area contributed by atoms with Gasteiger partial charge in [0.25, 0.3) is 0 Å². The molecule has 0 aliphatic heterocycles. The third kappa shape index (κ3) is 3.51. The Labute approximate surface area is 134 Å². The second-order valence-corrected chi connectivity index (χ2v) is 7.36. The van der Waals surface area contributed by atoms with Crippen LogP contribution < -0.4 is 0 Å². The van der Waals surface area contributed by atoms with Crippen molar-refractivity contribution >= 4 is 11.4 Å². The molecule has 0 aromatic heterocycles. The lowest BCUT2D eigenvalue weighted by Crippen LogP contribution is -2.25. The third-order valence-corrected chi connectivity index (χ3v) is 5.68. The van der Waals surface area contributed by atoms with Gasteiger partial charge in [-0.1, -0.05) is 61.6 Å². The fourth-order valence-corrected chi connectivity index (χ4v) is 4.36. The Morgan fingerprint density at radius 3 is 2.41 bits per heavy atom. The Kier molecular flexibility index (Phi) is 4.81. The van der Waals surface area contributed by atoms with E-state index in [2.05, 4.69) is 37.3 Å². The minimum atomic E-state index is 0.259. The lowest BCUT2D eigenvalue weighted by atomic mass is 9.73. The van der Waals surface area contributed by atoms with Crippen LogP contribution in [0.2, 0.25) is 0 Å². The number of rotatable bonds is 4. The largest absolute Gasteiger partial charge is 0.300 e. The highest BCUT2D eigenvalue weighted by atomic mass is 16.1. The summed E-state index contributed by atoms with van der Waals surface area (Å²) >= 11 is 0. The Bertz CT molecular complexity index is 546. The summed E-state index contributed by atoms with van der Waals surface area (Å²) in [6.07, 6.45) is 11.3. The molecular formula is C21H28O. The van der Waals surface area contributed by atoms with Gasteiger partial charge >= 0.3 is 0 Å². The van der Waals surface area contributed by atoms with E-state index in [9.17, 15) is 4.79 Å². The Balaban J connectivity index is 1.81. The highest BCUT2D eigenvalue weighted by Gasteiger charge is 2.31. The van der Waals surface area contributed by atoms with Crippen LogP contribution in [0.25, 0.3) is 5.57 Å². The van der Waals surface area contributed by atoms with Crippen LogP contribution in [0, 0.1) is 24.7 Å². The molecule has 1 aromatic rings. The van der Waals surface area contributed by atoms with Crippen LogP contribution >= 0.6 is 0 Å². The number of hydrogen-bond donors (Lipinski definition) is 0. The summed E-state index contributed by atoms with van der Waals surface area (Å²) in [5.74, 6) is 1.96. The van der Waals surface area contributed by atoms with Crippen LogP contribution in [-0.2, 0) is 4.79 Å². The molecule has 0 bridgehead atoms. The molecule has 0 saturated heterocycles. The normalized spacial score (nSPS) is 26.0. The van der Waals surface area contributed by atoms with Gasteiger partial charge < -0.3 is 0 Å². The van der Waals surface area contributed by atoms with Crippen molar-refractivity contribution in [2.75, 3.05) is 0 Å². The average Bonchev–Trinajstić information content (AvgIpc) is 3.00. The summed E-state index contributed by atoms with van der Waals surface area (Å²) in [5.41, 5.74) is 4.12. The van der Waals surface area contributed by atoms with Crippen molar-refractivity contribution in [1.29, 1.82) is 0 Å². The molecule has 2 atom stereocenters. The summed E-state index contributed by atoms with van der Waals surface area (Å²) in [7, 11) is 0. The molecule has 3 rings (SSSR count). The van der Waals surface area contributed by atoms with Crippen molar-refractivity contribution in [3.8, 4) is 0 Å². The Morgan fingerprint density at radius 1 is 1.09 bits per heavy atom. The molecule has 1 saturated carbocycles. The van der Waals surface area contributed by atoms with Crippen LogP contribution in [-0.4, -0.2) is 5.78 Å². The summed E-state index contributed by atoms with van der Waals surface area (Å²) < 4.78 is 0. The molecule has 118 valence electrons. The van der Waals surface area contributed by atoms with Crippen LogP contribution in [0.1, 0.15) is 63.0 Å². The quantitative estimate of drug-likeness (QED) is 0.709. The highest BCUT2D eigenvalue weighted by Crippen LogP contribution is 2.40. The predicted octanol–water partition coefficient (Wildman–Crippen LogP) is 5.57. The molecule has 2 aliphatic carbocycles. The highest BCUT2D eigenvalue weighted by molar-refractivity contribution is 5.80. The molecule has 2 aliphatic rings. The van der Waals surface area contributed by atoms with E-state index in [1.54, 1.807) is 6.92 Å². The van der Waals surface area contributed by atoms with Crippen LogP contribution in [0.5, 0.6) is 0 Å². The first kappa shape index (κ1) is 15.5. The van der Waals surface area contributed by atoms with Crippen LogP contribution in [0.15, 0.2) is 30.3 Å². The lowest BCUT2D eigenvalue weighted by Gasteiger charge is -2.30. The van der Waals surface area contributed by atoms with E-state index >= 15 is 0 Å². The lowest BCUT2D eigenvalue weighted by molar-refractivity contribution is -0.122. The number of allylic oxidation sites excluding steroid dienone is 2. The smallest absolute Gasteiger partial charge is 0.133 e. The molecule has 0 spiro atoms. The molecule has 1 heteroatoms. The molecule has 0 heterocycles. The molecular weight excluding hydrogens is 268 g/mol. The fraction of sp³-hybridized carbons (Fsp3) is 0.571. The van der Waals surface area contributed by atoms with E-state index in [4.69, 9.17) is 0 Å². The molecule has 1 aromatic carbocycles. The van der Waals surface area contributed by atoms with Crippen LogP contribution in [0.4, 0.5) is 0 Å². The summed E-state index contributed by atoms with van der Waals surface area (Å²) in [5, 5.41) is 0. The second kappa shape index (κ2) is 6.81. The molecule has 1 nitrogen and oxygen atoms in total. The summed E-state index contributed by atoms with van der Waals surface area (Å²) in [4.78, 5) is 12.0. The minimum Gasteiger partial charge on any atom is -0.300 e. The monoisotopic (exact) mass is 296 g/mol. The predicted molar refractivity (Wildman–Crippen MR) is 92.6 cm³/mol. The van der Waals surface area contributed by atoms with Crippen molar-refractivity contribution in [1.82, 2.24) is 0 Å². The van der Waals surface area contributed by atoms with Gasteiger partial charge in [-0.25, -0.2) is 0 Å². The van der Waals surface area contributed by atoms with Gasteiger partial charge in [-0.2, -0.15) is 0 Å². The first-order chi connectivity index (χ1) is 10.6. The SMILES string of the molecule is CC(=O)[C@@H]1CCC(c2ccc(C)cc2)=C[C@H]1CC1CCCC1. The number of hydrogen-bond acceptors (Lipinski definition) is 1. The molecule has 22 heavy (non-hydrogen) atoms. The van der Waals surface area contributed by atoms with Crippen molar-refractivity contribution in [3.05, 3.63) is 41.5 Å². The maximum atomic E-state index is 12.0. The number of aryl methyl sites for hydroxylation is 1. The standard InChI is InChI=1S/C21H28O/c1-15-7-9-18(10-8-15)19-11-12-21(16(2)22)20(14-19)13-17-5-3-4-6-17/h7-10,14,17,20-21H,3-6,11-13H2,1-2H3/t20-,21+/m1/s1. The van der Waals surface area contributed by atoms with E-state index in [-0.39, 0.29) is 5.92 Å². The van der Waals surface area contributed by atoms with E-state index < -0.39 is 0 Å². The van der Waals surface area contributed by atoms with E-state index in [1.807, 2.05) is 0 Å². The maximum Gasteiger partial charge on any atom is 0.133 e. The number of ketones is 1. The summed E-state index contributed by atoms with van der Waals surface area (Å²) in [6.45, 7) is 3.92. The van der Waals surface area contributed by atoms with Crippen molar-refractivity contribution < 1.29 is 4.79 Å². The zero-order valence-corrected chi connectivity index (χ0v) is 14.0. The zero-order chi connectivity index (χ0) is 15.5. The van der Waals surface area contributed by atoms with Gasteiger partial charge in [-0.3, -0.25) is 4.79 Å². The Morgan fingerprint density at radius 2 is 1.77 bits per heavy atom. The van der Waals surface area contributed by atoms with E-state index in [1.165, 1.54) is 48.8 Å². The molecule has 0 N–H and O–H groups in total. The average molecular weight is 296 g/mol. The second-order valence-electron chi connectivity index (χ2n) is 7.36. The molecule has 0 radical (unpaired) electrons. The topological polar surface area (TPSA) is 17.1 Å². The third-order valence-electron chi connectivity index (χ3n) is 5.68. The minimum absolute atomic E-state index is 0.259. The molecule has 0 unspecified atom stereocenters. The van der Waals surface area contributed by atoms with Crippen molar-refractivity contribution in [3.63, 3.8) is 0 Å². The maximum absolute atomic E-state index is 12.0. The van der Waals surface area contributed by atoms with Crippen LogP contribution in [0.3, 0.4) is 0 Å². The number of carbonyl (C=O) groups excluding carboxylic acids is 1. The van der Waals surface area contributed by atoms with Gasteiger partial charge in [0, 0.05) is 5.92 Å². The number of Topliss-reactive ketones (excluding diaryl/α,β-unsaturated/α-hetero) is 1. The molecule has 1 fully saturated rings. The van der Waals surface area contributed by atoms with Crippen molar-refractivity contribution in [2.45, 2.75) is 58.8 Å². The van der Waals surface area contributed by atoms with Gasteiger partial charge in [-0.05, 0) is 56.1 Å². The van der Waals surface area contributed by atoms with Gasteiger partial charge in [0.2, 0.25) is 0 Å². The van der Waals surface area contributed by atoms with Gasteiger partial charge in [0.15, 0.2) is 0 Å². The van der Waals surface area contributed by atoms with Gasteiger partial charge in [-0.15, -0.1) is 0 Å². The number of carbonyl (C=O) groups is 1. The fourth-order valence-electron chi connectivity index (χ4n) is 4.36. The van der Waals surface area contributed by atoms with E-state index in [0.717, 1.165) is 18.8 Å². The van der Waals surface area contributed by atoms with E-state index in [0.29, 0.717) is 11.7 Å². The number of benzene rings is 1. The summed E-state index contributed by atoms with van der Waals surface area (Å²) in [6, 6.07) is 8.86.